The number of hydrogen-bond donors (Lipinski definition) is 1. The van der Waals surface area contributed by atoms with E-state index >= 15 is 0 Å². The van der Waals surface area contributed by atoms with Gasteiger partial charge in [-0.25, -0.2) is 8.78 Å². The Hall–Kier alpha value is -1.16. The van der Waals surface area contributed by atoms with E-state index in [0.29, 0.717) is 5.75 Å². The Morgan fingerprint density at radius 2 is 2.18 bits per heavy atom. The van der Waals surface area contributed by atoms with Crippen molar-refractivity contribution in [1.29, 1.82) is 0 Å². The molecule has 0 bridgehead atoms. The van der Waals surface area contributed by atoms with Gasteiger partial charge in [0.05, 0.1) is 12.7 Å². The van der Waals surface area contributed by atoms with Gasteiger partial charge < -0.3 is 10.1 Å². The van der Waals surface area contributed by atoms with E-state index < -0.39 is 6.43 Å². The summed E-state index contributed by atoms with van der Waals surface area (Å²) in [6, 6.07) is 4.96. The lowest BCUT2D eigenvalue weighted by Crippen LogP contribution is -2.33. The zero-order valence-corrected chi connectivity index (χ0v) is 10.1. The molecule has 0 aromatic heterocycles. The first kappa shape index (κ1) is 12.3. The van der Waals surface area contributed by atoms with Crippen molar-refractivity contribution in [3.8, 4) is 5.75 Å². The molecule has 1 unspecified atom stereocenters. The number of rotatable bonds is 3. The zero-order valence-electron chi connectivity index (χ0n) is 10.1. The maximum Gasteiger partial charge on any atom is 0.267 e. The molecule has 1 atom stereocenters. The number of halogens is 2. The maximum atomic E-state index is 12.9. The van der Waals surface area contributed by atoms with Gasteiger partial charge in [-0.1, -0.05) is 12.1 Å². The molecule has 1 aromatic carbocycles. The molecule has 2 nitrogen and oxygen atoms in total. The molecular weight excluding hydrogens is 224 g/mol. The summed E-state index contributed by atoms with van der Waals surface area (Å²) in [5.41, 5.74) is 0.547. The molecule has 1 fully saturated rings. The van der Waals surface area contributed by atoms with Gasteiger partial charge in [-0.3, -0.25) is 0 Å². The molecule has 1 aliphatic heterocycles. The summed E-state index contributed by atoms with van der Waals surface area (Å²) in [5, 5.41) is 3.37. The quantitative estimate of drug-likeness (QED) is 0.877. The predicted molar refractivity (Wildman–Crippen MR) is 62.5 cm³/mol. The highest BCUT2D eigenvalue weighted by Gasteiger charge is 2.34. The average Bonchev–Trinajstić information content (AvgIpc) is 2.76. The molecule has 1 aliphatic rings. The molecule has 0 saturated carbocycles. The van der Waals surface area contributed by atoms with E-state index in [1.807, 2.05) is 13.0 Å². The van der Waals surface area contributed by atoms with E-state index in [1.54, 1.807) is 6.07 Å². The molecule has 1 aromatic rings. The van der Waals surface area contributed by atoms with Crippen molar-refractivity contribution in [3.05, 3.63) is 29.3 Å². The normalized spacial score (nSPS) is 24.3. The second-order valence-corrected chi connectivity index (χ2v) is 4.59. The second-order valence-electron chi connectivity index (χ2n) is 4.59. The summed E-state index contributed by atoms with van der Waals surface area (Å²) in [4.78, 5) is 0. The number of para-hydroxylation sites is 1. The lowest BCUT2D eigenvalue weighted by molar-refractivity contribution is 0.146. The third-order valence-corrected chi connectivity index (χ3v) is 3.45. The Morgan fingerprint density at radius 1 is 1.41 bits per heavy atom. The summed E-state index contributed by atoms with van der Waals surface area (Å²) in [5.74, 6) is 0.319. The Morgan fingerprint density at radius 3 is 2.71 bits per heavy atom. The molecule has 0 amide bonds. The summed E-state index contributed by atoms with van der Waals surface area (Å²) < 4.78 is 31.0. The van der Waals surface area contributed by atoms with Gasteiger partial charge in [-0.15, -0.1) is 0 Å². The summed E-state index contributed by atoms with van der Waals surface area (Å²) in [6.07, 6.45) is -0.510. The monoisotopic (exact) mass is 241 g/mol. The zero-order chi connectivity index (χ0) is 12.5. The first-order valence-electron chi connectivity index (χ1n) is 5.79. The van der Waals surface area contributed by atoms with Gasteiger partial charge in [-0.05, 0) is 32.4 Å². The lowest BCUT2D eigenvalue weighted by atomic mass is 9.88. The fraction of sp³-hybridized carbons (Fsp3) is 0.538. The highest BCUT2D eigenvalue weighted by atomic mass is 19.3. The molecule has 94 valence electrons. The molecule has 0 radical (unpaired) electrons. The number of ether oxygens (including phenoxy) is 1. The standard InChI is InChI=1S/C13H17F2NO/c1-13(7-4-8-16-13)10-6-3-5-9(12(14)15)11(10)17-2/h3,5-6,12,16H,4,7-8H2,1-2H3. The molecular formula is C13H17F2NO. The summed E-state index contributed by atoms with van der Waals surface area (Å²) >= 11 is 0. The molecule has 2 rings (SSSR count). The third-order valence-electron chi connectivity index (χ3n) is 3.45. The van der Waals surface area contributed by atoms with E-state index in [0.717, 1.165) is 24.9 Å². The van der Waals surface area contributed by atoms with E-state index in [-0.39, 0.29) is 11.1 Å². The minimum Gasteiger partial charge on any atom is -0.496 e. The van der Waals surface area contributed by atoms with Gasteiger partial charge in [-0.2, -0.15) is 0 Å². The number of methoxy groups -OCH3 is 1. The van der Waals surface area contributed by atoms with Crippen LogP contribution >= 0.6 is 0 Å². The Labute approximate surface area is 100.0 Å². The minimum atomic E-state index is -2.50. The molecule has 1 heterocycles. The number of nitrogens with one attached hydrogen (secondary N) is 1. The van der Waals surface area contributed by atoms with Crippen molar-refractivity contribution in [2.24, 2.45) is 0 Å². The van der Waals surface area contributed by atoms with Crippen molar-refractivity contribution < 1.29 is 13.5 Å². The van der Waals surface area contributed by atoms with Crippen LogP contribution in [0.2, 0.25) is 0 Å². The van der Waals surface area contributed by atoms with E-state index in [4.69, 9.17) is 4.74 Å². The fourth-order valence-electron chi connectivity index (χ4n) is 2.51. The van der Waals surface area contributed by atoms with Crippen LogP contribution in [0.4, 0.5) is 8.78 Å². The summed E-state index contributed by atoms with van der Waals surface area (Å²) in [7, 11) is 1.45. The smallest absolute Gasteiger partial charge is 0.267 e. The number of alkyl halides is 2. The topological polar surface area (TPSA) is 21.3 Å². The average molecular weight is 241 g/mol. The van der Waals surface area contributed by atoms with Crippen LogP contribution in [0.25, 0.3) is 0 Å². The van der Waals surface area contributed by atoms with Crippen molar-refractivity contribution in [1.82, 2.24) is 5.32 Å². The van der Waals surface area contributed by atoms with Crippen LogP contribution in [0.5, 0.6) is 5.75 Å². The van der Waals surface area contributed by atoms with Crippen LogP contribution in [0.15, 0.2) is 18.2 Å². The highest BCUT2D eigenvalue weighted by molar-refractivity contribution is 5.46. The second kappa shape index (κ2) is 4.61. The SMILES string of the molecule is COc1c(C(F)F)cccc1C1(C)CCCN1. The van der Waals surface area contributed by atoms with Gasteiger partial charge >= 0.3 is 0 Å². The highest BCUT2D eigenvalue weighted by Crippen LogP contribution is 2.40. The maximum absolute atomic E-state index is 12.9. The van der Waals surface area contributed by atoms with Gasteiger partial charge in [0.15, 0.2) is 0 Å². The van der Waals surface area contributed by atoms with Crippen molar-refractivity contribution in [2.75, 3.05) is 13.7 Å². The van der Waals surface area contributed by atoms with Gasteiger partial charge in [0.2, 0.25) is 0 Å². The Kier molecular flexibility index (Phi) is 3.33. The predicted octanol–water partition coefficient (Wildman–Crippen LogP) is 3.23. The third kappa shape index (κ3) is 2.14. The Bertz CT molecular complexity index is 400. The largest absolute Gasteiger partial charge is 0.496 e. The van der Waals surface area contributed by atoms with Gasteiger partial charge in [0, 0.05) is 11.1 Å². The molecule has 4 heteroatoms. The number of hydrogen-bond acceptors (Lipinski definition) is 2. The molecule has 0 spiro atoms. The first-order chi connectivity index (χ1) is 8.08. The van der Waals surface area contributed by atoms with Crippen molar-refractivity contribution in [3.63, 3.8) is 0 Å². The molecule has 0 aliphatic carbocycles. The van der Waals surface area contributed by atoms with Crippen LogP contribution in [-0.4, -0.2) is 13.7 Å². The van der Waals surface area contributed by atoms with Gasteiger partial charge in [0.1, 0.15) is 5.75 Å². The van der Waals surface area contributed by atoms with Crippen LogP contribution in [0.1, 0.15) is 37.3 Å². The van der Waals surface area contributed by atoms with Crippen LogP contribution in [0, 0.1) is 0 Å². The summed E-state index contributed by atoms with van der Waals surface area (Å²) in [6.45, 7) is 2.95. The van der Waals surface area contributed by atoms with E-state index in [2.05, 4.69) is 5.32 Å². The van der Waals surface area contributed by atoms with Gasteiger partial charge in [0.25, 0.3) is 6.43 Å². The van der Waals surface area contributed by atoms with E-state index in [1.165, 1.54) is 13.2 Å². The van der Waals surface area contributed by atoms with E-state index in [9.17, 15) is 8.78 Å². The molecule has 1 saturated heterocycles. The van der Waals surface area contributed by atoms with Crippen molar-refractivity contribution in [2.45, 2.75) is 31.7 Å². The van der Waals surface area contributed by atoms with Crippen molar-refractivity contribution >= 4 is 0 Å². The number of benzene rings is 1. The van der Waals surface area contributed by atoms with Crippen LogP contribution in [-0.2, 0) is 5.54 Å². The van der Waals surface area contributed by atoms with Crippen LogP contribution < -0.4 is 10.1 Å². The minimum absolute atomic E-state index is 0.0278. The molecule has 17 heavy (non-hydrogen) atoms. The fourth-order valence-corrected chi connectivity index (χ4v) is 2.51. The first-order valence-corrected chi connectivity index (χ1v) is 5.79. The van der Waals surface area contributed by atoms with Crippen LogP contribution in [0.3, 0.4) is 0 Å². The Balaban J connectivity index is 2.50. The lowest BCUT2D eigenvalue weighted by Gasteiger charge is -2.28. The molecule has 1 N–H and O–H groups in total.